The highest BCUT2D eigenvalue weighted by Gasteiger charge is 2.58. The van der Waals surface area contributed by atoms with Crippen molar-refractivity contribution in [2.24, 2.45) is 17.3 Å². The van der Waals surface area contributed by atoms with E-state index in [1.54, 1.807) is 12.1 Å². The van der Waals surface area contributed by atoms with Gasteiger partial charge in [0.25, 0.3) is 5.91 Å². The first-order valence-corrected chi connectivity index (χ1v) is 13.8. The minimum atomic E-state index is -0.0694. The lowest BCUT2D eigenvalue weighted by molar-refractivity contribution is -0.0697. The lowest BCUT2D eigenvalue weighted by Crippen LogP contribution is -2.57. The molecule has 5 heteroatoms. The third-order valence-corrected chi connectivity index (χ3v) is 8.64. The van der Waals surface area contributed by atoms with Gasteiger partial charge in [-0.05, 0) is 107 Å². The van der Waals surface area contributed by atoms with E-state index >= 15 is 0 Å². The summed E-state index contributed by atoms with van der Waals surface area (Å²) in [6.07, 6.45) is 7.60. The van der Waals surface area contributed by atoms with Gasteiger partial charge in [0.15, 0.2) is 11.5 Å². The summed E-state index contributed by atoms with van der Waals surface area (Å²) in [7, 11) is 0. The van der Waals surface area contributed by atoms with E-state index in [9.17, 15) is 4.79 Å². The molecule has 0 aliphatic heterocycles. The highest BCUT2D eigenvalue weighted by Crippen LogP contribution is 2.65. The van der Waals surface area contributed by atoms with Gasteiger partial charge >= 0.3 is 0 Å². The van der Waals surface area contributed by atoms with E-state index in [0.29, 0.717) is 42.6 Å². The van der Waals surface area contributed by atoms with Gasteiger partial charge in [0, 0.05) is 12.1 Å². The summed E-state index contributed by atoms with van der Waals surface area (Å²) in [6.45, 7) is 10.2. The highest BCUT2D eigenvalue weighted by molar-refractivity contribution is 5.95. The first kappa shape index (κ1) is 25.0. The molecule has 0 aromatic heterocycles. The van der Waals surface area contributed by atoms with Crippen molar-refractivity contribution in [2.45, 2.75) is 71.6 Å². The third-order valence-electron chi connectivity index (χ3n) is 8.64. The van der Waals surface area contributed by atoms with Gasteiger partial charge in [-0.15, -0.1) is 0 Å². The zero-order chi connectivity index (χ0) is 25.3. The summed E-state index contributed by atoms with van der Waals surface area (Å²) in [6, 6.07) is 12.8. The van der Waals surface area contributed by atoms with Gasteiger partial charge in [0.2, 0.25) is 5.75 Å². The second kappa shape index (κ2) is 9.99. The van der Waals surface area contributed by atoms with E-state index in [1.807, 2.05) is 20.8 Å². The largest absolute Gasteiger partial charge is 0.490 e. The number of ether oxygens (including phenoxy) is 3. The molecular formula is C31H41NO4. The van der Waals surface area contributed by atoms with Gasteiger partial charge in [0.05, 0.1) is 19.8 Å². The van der Waals surface area contributed by atoms with Crippen LogP contribution >= 0.6 is 0 Å². The molecule has 2 aromatic rings. The molecule has 4 aliphatic carbocycles. The van der Waals surface area contributed by atoms with Crippen molar-refractivity contribution in [3.05, 3.63) is 53.1 Å². The number of nitrogens with one attached hydrogen (secondary N) is 1. The van der Waals surface area contributed by atoms with Crippen molar-refractivity contribution in [3.8, 4) is 17.2 Å². The Labute approximate surface area is 215 Å². The Kier molecular flexibility index (Phi) is 6.93. The smallest absolute Gasteiger partial charge is 0.251 e. The lowest BCUT2D eigenvalue weighted by atomic mass is 9.43. The molecule has 2 atom stereocenters. The van der Waals surface area contributed by atoms with Crippen LogP contribution in [0, 0.1) is 24.2 Å². The number of hydrogen-bond donors (Lipinski definition) is 1. The zero-order valence-electron chi connectivity index (χ0n) is 22.3. The molecule has 4 saturated carbocycles. The number of amides is 1. The fraction of sp³-hybridized carbons (Fsp3) is 0.581. The molecule has 36 heavy (non-hydrogen) atoms. The summed E-state index contributed by atoms with van der Waals surface area (Å²) >= 11 is 0. The summed E-state index contributed by atoms with van der Waals surface area (Å²) in [5.41, 5.74) is 3.84. The van der Waals surface area contributed by atoms with Crippen LogP contribution in [0.3, 0.4) is 0 Å². The molecule has 2 unspecified atom stereocenters. The summed E-state index contributed by atoms with van der Waals surface area (Å²) in [5.74, 6) is 3.15. The van der Waals surface area contributed by atoms with Crippen LogP contribution in [0.4, 0.5) is 0 Å². The number of benzene rings is 2. The maximum Gasteiger partial charge on any atom is 0.251 e. The number of carbonyl (C=O) groups is 1. The fourth-order valence-electron chi connectivity index (χ4n) is 7.79. The molecule has 0 heterocycles. The molecule has 4 fully saturated rings. The Balaban J connectivity index is 1.36. The van der Waals surface area contributed by atoms with Gasteiger partial charge in [-0.1, -0.05) is 29.8 Å². The summed E-state index contributed by atoms with van der Waals surface area (Å²) < 4.78 is 17.5. The highest BCUT2D eigenvalue weighted by atomic mass is 16.5. The van der Waals surface area contributed by atoms with E-state index in [4.69, 9.17) is 14.2 Å². The van der Waals surface area contributed by atoms with Crippen molar-refractivity contribution >= 4 is 5.91 Å². The molecule has 4 bridgehead atoms. The fourth-order valence-corrected chi connectivity index (χ4v) is 7.79. The first-order chi connectivity index (χ1) is 17.4. The van der Waals surface area contributed by atoms with E-state index in [2.05, 4.69) is 36.5 Å². The van der Waals surface area contributed by atoms with Gasteiger partial charge in [-0.2, -0.15) is 0 Å². The minimum absolute atomic E-state index is 0.0694. The van der Waals surface area contributed by atoms with Crippen molar-refractivity contribution in [1.82, 2.24) is 5.32 Å². The third kappa shape index (κ3) is 4.69. The van der Waals surface area contributed by atoms with Crippen LogP contribution in [0.15, 0.2) is 36.4 Å². The average Bonchev–Trinajstić information content (AvgIpc) is 2.84. The van der Waals surface area contributed by atoms with Gasteiger partial charge in [-0.25, -0.2) is 0 Å². The topological polar surface area (TPSA) is 56.8 Å². The molecule has 0 spiro atoms. The maximum atomic E-state index is 13.4. The number of hydrogen-bond acceptors (Lipinski definition) is 4. The zero-order valence-corrected chi connectivity index (χ0v) is 22.3. The summed E-state index contributed by atoms with van der Waals surface area (Å²) in [4.78, 5) is 13.4. The molecular weight excluding hydrogens is 450 g/mol. The second-order valence-electron chi connectivity index (χ2n) is 11.4. The van der Waals surface area contributed by atoms with Crippen molar-refractivity contribution in [1.29, 1.82) is 0 Å². The number of aryl methyl sites for hydroxylation is 1. The predicted octanol–water partition coefficient (Wildman–Crippen LogP) is 6.46. The van der Waals surface area contributed by atoms with Crippen molar-refractivity contribution in [2.75, 3.05) is 26.4 Å². The van der Waals surface area contributed by atoms with E-state index in [1.165, 1.54) is 49.7 Å². The van der Waals surface area contributed by atoms with Crippen molar-refractivity contribution < 1.29 is 19.0 Å². The molecule has 1 amide bonds. The van der Waals surface area contributed by atoms with Crippen LogP contribution in [0.5, 0.6) is 17.2 Å². The first-order valence-electron chi connectivity index (χ1n) is 13.8. The monoisotopic (exact) mass is 491 g/mol. The molecule has 5 nitrogen and oxygen atoms in total. The SMILES string of the molecule is CCOc1cc(C(=O)NCC23CC4CC(C2)CC(c2ccc(C)cc2)(C4)C3)cc(OCC)c1OCC. The lowest BCUT2D eigenvalue weighted by Gasteiger charge is -2.62. The van der Waals surface area contributed by atoms with Crippen LogP contribution in [0.25, 0.3) is 0 Å². The molecule has 2 aromatic carbocycles. The van der Waals surface area contributed by atoms with Crippen LogP contribution in [0.2, 0.25) is 0 Å². The van der Waals surface area contributed by atoms with Gasteiger partial charge < -0.3 is 19.5 Å². The second-order valence-corrected chi connectivity index (χ2v) is 11.4. The molecule has 0 saturated heterocycles. The molecule has 1 N–H and O–H groups in total. The van der Waals surface area contributed by atoms with Gasteiger partial charge in [-0.3, -0.25) is 4.79 Å². The average molecular weight is 492 g/mol. The molecule has 194 valence electrons. The molecule has 6 rings (SSSR count). The Bertz CT molecular complexity index is 1050. The maximum absolute atomic E-state index is 13.4. The van der Waals surface area contributed by atoms with E-state index in [0.717, 1.165) is 18.4 Å². The predicted molar refractivity (Wildman–Crippen MR) is 142 cm³/mol. The van der Waals surface area contributed by atoms with Crippen LogP contribution in [-0.2, 0) is 5.41 Å². The molecule has 0 radical (unpaired) electrons. The number of carbonyl (C=O) groups excluding carboxylic acids is 1. The van der Waals surface area contributed by atoms with Crippen molar-refractivity contribution in [3.63, 3.8) is 0 Å². The van der Waals surface area contributed by atoms with E-state index in [-0.39, 0.29) is 16.7 Å². The standard InChI is InChI=1S/C31H41NO4/c1-5-34-26-13-24(14-27(35-6-2)28(26)36-7-3)29(33)32-20-30-15-22-12-23(16-30)18-31(17-22,19-30)25-10-8-21(4)9-11-25/h8-11,13-14,22-23H,5-7,12,15-20H2,1-4H3,(H,32,33). The quantitative estimate of drug-likeness (QED) is 0.414. The van der Waals surface area contributed by atoms with Crippen LogP contribution in [0.1, 0.15) is 80.8 Å². The number of rotatable bonds is 10. The Morgan fingerprint density at radius 1 is 0.889 bits per heavy atom. The Morgan fingerprint density at radius 3 is 2.03 bits per heavy atom. The summed E-state index contributed by atoms with van der Waals surface area (Å²) in [5, 5.41) is 3.33. The van der Waals surface area contributed by atoms with E-state index < -0.39 is 0 Å². The Hall–Kier alpha value is -2.69. The Morgan fingerprint density at radius 2 is 1.47 bits per heavy atom. The van der Waals surface area contributed by atoms with Crippen LogP contribution < -0.4 is 19.5 Å². The van der Waals surface area contributed by atoms with Gasteiger partial charge in [0.1, 0.15) is 0 Å². The molecule has 4 aliphatic rings. The van der Waals surface area contributed by atoms with Crippen LogP contribution in [-0.4, -0.2) is 32.3 Å². The normalized spacial score (nSPS) is 28.1. The minimum Gasteiger partial charge on any atom is -0.490 e.